The van der Waals surface area contributed by atoms with E-state index in [1.54, 1.807) is 0 Å². The molecule has 0 unspecified atom stereocenters. The van der Waals surface area contributed by atoms with Gasteiger partial charge in [0.05, 0.1) is 12.1 Å². The number of aliphatic carboxylic acids is 1. The number of rotatable bonds is 2. The topological polar surface area (TPSA) is 63.1 Å². The van der Waals surface area contributed by atoms with Gasteiger partial charge in [-0.05, 0) is 0 Å². The van der Waals surface area contributed by atoms with E-state index in [1.807, 2.05) is 0 Å². The molecule has 0 spiro atoms. The number of carboxylic acid groups (broad SMARTS) is 1. The van der Waals surface area contributed by atoms with E-state index in [-0.39, 0.29) is 57.8 Å². The van der Waals surface area contributed by atoms with Crippen LogP contribution in [0, 0.1) is 0 Å². The average Bonchev–Trinajstić information content (AvgIpc) is 1.88. The van der Waals surface area contributed by atoms with Gasteiger partial charge in [-0.15, -0.1) is 0 Å². The molecule has 1 heterocycles. The van der Waals surface area contributed by atoms with Crippen LogP contribution in [0.25, 0.3) is 0 Å². The molecular weight excluding hydrogens is 171 g/mol. The first-order valence-corrected chi connectivity index (χ1v) is 2.76. The molecule has 1 N–H and O–H groups in total. The van der Waals surface area contributed by atoms with Crippen molar-refractivity contribution in [1.82, 2.24) is 9.97 Å². The van der Waals surface area contributed by atoms with Crippen molar-refractivity contribution in [3.05, 3.63) is 24.3 Å². The van der Waals surface area contributed by atoms with Crippen LogP contribution in [-0.4, -0.2) is 72.4 Å². The molecule has 4 nitrogen and oxygen atoms in total. The first kappa shape index (κ1) is 11.2. The van der Waals surface area contributed by atoms with Crippen molar-refractivity contribution in [2.24, 2.45) is 0 Å². The number of aromatic nitrogens is 2. The van der Waals surface area contributed by atoms with Crippen LogP contribution in [0.4, 0.5) is 0 Å². The number of nitrogens with zero attached hydrogens (tertiary/aromatic N) is 2. The first-order valence-electron chi connectivity index (χ1n) is 2.76. The van der Waals surface area contributed by atoms with Crippen LogP contribution in [0.1, 0.15) is 5.69 Å². The minimum absolute atomic E-state index is 0. The van der Waals surface area contributed by atoms with Crippen molar-refractivity contribution in [2.75, 3.05) is 0 Å². The Morgan fingerprint density at radius 1 is 1.55 bits per heavy atom. The van der Waals surface area contributed by atoms with Gasteiger partial charge in [-0.25, -0.2) is 0 Å². The Morgan fingerprint density at radius 3 is 2.73 bits per heavy atom. The van der Waals surface area contributed by atoms with Crippen LogP contribution >= 0.6 is 0 Å². The molecule has 0 fully saturated rings. The monoisotopic (exact) mass is 178 g/mol. The van der Waals surface area contributed by atoms with Crippen LogP contribution in [-0.2, 0) is 11.2 Å². The Bertz CT molecular complexity index is 227. The molecule has 54 valence electrons. The Morgan fingerprint density at radius 2 is 2.27 bits per heavy atom. The molecule has 5 heteroatoms. The van der Waals surface area contributed by atoms with Crippen molar-refractivity contribution in [2.45, 2.75) is 6.42 Å². The Kier molecular flexibility index (Phi) is 5.89. The summed E-state index contributed by atoms with van der Waals surface area (Å²) in [4.78, 5) is 17.6. The van der Waals surface area contributed by atoms with Crippen molar-refractivity contribution >= 4 is 57.4 Å². The average molecular weight is 178 g/mol. The molecule has 0 amide bonds. The summed E-state index contributed by atoms with van der Waals surface area (Å²) < 4.78 is 0. The quantitative estimate of drug-likeness (QED) is 0.617. The van der Waals surface area contributed by atoms with E-state index in [0.717, 1.165) is 0 Å². The molecule has 0 aliphatic carbocycles. The van der Waals surface area contributed by atoms with E-state index in [1.165, 1.54) is 18.6 Å². The van der Waals surface area contributed by atoms with Gasteiger partial charge in [0.15, 0.2) is 0 Å². The molecular formula is C6H7KN2O2. The fraction of sp³-hybridized carbons (Fsp3) is 0.167. The normalized spacial score (nSPS) is 8.36. The van der Waals surface area contributed by atoms with Gasteiger partial charge in [0.25, 0.3) is 0 Å². The second-order valence-electron chi connectivity index (χ2n) is 1.77. The van der Waals surface area contributed by atoms with Crippen LogP contribution in [0.3, 0.4) is 0 Å². The van der Waals surface area contributed by atoms with E-state index in [0.29, 0.717) is 5.69 Å². The summed E-state index contributed by atoms with van der Waals surface area (Å²) in [5.74, 6) is -0.888. The van der Waals surface area contributed by atoms with E-state index in [4.69, 9.17) is 5.11 Å². The van der Waals surface area contributed by atoms with E-state index in [2.05, 4.69) is 9.97 Å². The molecule has 0 aliphatic heterocycles. The summed E-state index contributed by atoms with van der Waals surface area (Å²) in [7, 11) is 0. The molecule has 1 aromatic rings. The molecule has 0 saturated carbocycles. The fourth-order valence-electron chi connectivity index (χ4n) is 0.576. The summed E-state index contributed by atoms with van der Waals surface area (Å²) in [6.07, 6.45) is 4.35. The van der Waals surface area contributed by atoms with Crippen LogP contribution < -0.4 is 0 Å². The van der Waals surface area contributed by atoms with Gasteiger partial charge in [-0.2, -0.15) is 0 Å². The second kappa shape index (κ2) is 5.79. The molecule has 0 aliphatic rings. The summed E-state index contributed by atoms with van der Waals surface area (Å²) in [5.41, 5.74) is 0.481. The number of carbonyl (C=O) groups is 1. The van der Waals surface area contributed by atoms with E-state index in [9.17, 15) is 4.79 Å². The maximum atomic E-state index is 10.1. The summed E-state index contributed by atoms with van der Waals surface area (Å²) in [6.45, 7) is 0. The molecule has 0 bridgehead atoms. The minimum atomic E-state index is -0.888. The number of carboxylic acids is 1. The standard InChI is InChI=1S/C6H6N2O2.K.H/c9-6(10)3-5-4-7-1-2-8-5;;/h1-2,4H,3H2,(H,9,10);;. The van der Waals surface area contributed by atoms with Gasteiger partial charge >= 0.3 is 57.4 Å². The van der Waals surface area contributed by atoms with Gasteiger partial charge in [0.2, 0.25) is 0 Å². The maximum absolute atomic E-state index is 10.1. The Balaban J connectivity index is 0.000001000. The van der Waals surface area contributed by atoms with E-state index < -0.39 is 5.97 Å². The van der Waals surface area contributed by atoms with E-state index >= 15 is 0 Å². The molecule has 1 aromatic heterocycles. The predicted octanol–water partition coefficient (Wildman–Crippen LogP) is -0.545. The van der Waals surface area contributed by atoms with Crippen molar-refractivity contribution in [3.63, 3.8) is 0 Å². The number of hydrogen-bond acceptors (Lipinski definition) is 3. The van der Waals surface area contributed by atoms with Gasteiger partial charge in [0.1, 0.15) is 0 Å². The third-order valence-corrected chi connectivity index (χ3v) is 0.949. The summed E-state index contributed by atoms with van der Waals surface area (Å²) >= 11 is 0. The predicted molar refractivity (Wildman–Crippen MR) is 40.5 cm³/mol. The Labute approximate surface area is 106 Å². The zero-order valence-electron chi connectivity index (χ0n) is 5.19. The van der Waals surface area contributed by atoms with Crippen molar-refractivity contribution < 1.29 is 9.90 Å². The SMILES string of the molecule is O=C(O)Cc1cnccn1.[KH]. The summed E-state index contributed by atoms with van der Waals surface area (Å²) in [5, 5.41) is 8.30. The van der Waals surface area contributed by atoms with Crippen LogP contribution in [0.15, 0.2) is 18.6 Å². The molecule has 1 rings (SSSR count). The third-order valence-electron chi connectivity index (χ3n) is 0.949. The van der Waals surface area contributed by atoms with Crippen LogP contribution in [0.2, 0.25) is 0 Å². The van der Waals surface area contributed by atoms with Crippen molar-refractivity contribution in [3.8, 4) is 0 Å². The number of hydrogen-bond donors (Lipinski definition) is 1. The Hall–Kier alpha value is 0.186. The van der Waals surface area contributed by atoms with Crippen molar-refractivity contribution in [1.29, 1.82) is 0 Å². The molecule has 0 saturated heterocycles. The second-order valence-corrected chi connectivity index (χ2v) is 1.77. The summed E-state index contributed by atoms with van der Waals surface area (Å²) in [6, 6.07) is 0. The van der Waals surface area contributed by atoms with Crippen LogP contribution in [0.5, 0.6) is 0 Å². The zero-order chi connectivity index (χ0) is 7.40. The first-order chi connectivity index (χ1) is 4.79. The van der Waals surface area contributed by atoms with Gasteiger partial charge in [-0.3, -0.25) is 14.8 Å². The molecule has 0 atom stereocenters. The fourth-order valence-corrected chi connectivity index (χ4v) is 0.576. The molecule has 11 heavy (non-hydrogen) atoms. The van der Waals surface area contributed by atoms with Gasteiger partial charge in [-0.1, -0.05) is 0 Å². The zero-order valence-corrected chi connectivity index (χ0v) is 5.19. The van der Waals surface area contributed by atoms with Gasteiger partial charge < -0.3 is 5.11 Å². The molecule has 0 aromatic carbocycles. The van der Waals surface area contributed by atoms with Gasteiger partial charge in [0, 0.05) is 18.6 Å². The molecule has 0 radical (unpaired) electrons. The third kappa shape index (κ3) is 4.60.